The highest BCUT2D eigenvalue weighted by atomic mass is 16.5. The molecule has 0 amide bonds. The Kier molecular flexibility index (Phi) is 6.38. The second-order valence-electron chi connectivity index (χ2n) is 5.10. The number of aliphatic carboxylic acids is 1. The molecule has 0 saturated heterocycles. The van der Waals surface area contributed by atoms with E-state index in [-0.39, 0.29) is 22.6 Å². The number of ether oxygens (including phenoxy) is 1. The lowest BCUT2D eigenvalue weighted by Crippen LogP contribution is -2.11. The number of carbonyl (C=O) groups is 1. The van der Waals surface area contributed by atoms with Gasteiger partial charge in [0.1, 0.15) is 5.75 Å². The zero-order valence-corrected chi connectivity index (χ0v) is 13.4. The van der Waals surface area contributed by atoms with Gasteiger partial charge >= 0.3 is 5.97 Å². The Morgan fingerprint density at radius 1 is 1.04 bits per heavy atom. The van der Waals surface area contributed by atoms with Crippen LogP contribution in [0.15, 0.2) is 42.5 Å². The van der Waals surface area contributed by atoms with Crippen molar-refractivity contribution in [2.24, 2.45) is 0 Å². The molecule has 0 saturated carbocycles. The lowest BCUT2D eigenvalue weighted by molar-refractivity contribution is -0.139. The number of fused-ring (bicyclic) bond motifs is 1. The summed E-state index contributed by atoms with van der Waals surface area (Å²) in [6.45, 7) is 1.34. The van der Waals surface area contributed by atoms with Crippen LogP contribution in [0.1, 0.15) is 5.69 Å². The Balaban J connectivity index is 0.00000156. The SMILES string of the molecule is Cc1cc(OCC(=O)O)nc(-c2ccc3cc(O)ccc3c2)n1.O.O. The number of phenols is 1. The summed E-state index contributed by atoms with van der Waals surface area (Å²) in [5.41, 5.74) is 1.47. The number of nitrogens with zero attached hydrogens (tertiary/aromatic N) is 2. The van der Waals surface area contributed by atoms with Gasteiger partial charge in [-0.1, -0.05) is 18.2 Å². The predicted octanol–water partition coefficient (Wildman–Crippen LogP) is 1.12. The maximum absolute atomic E-state index is 10.6. The number of aromatic nitrogens is 2. The molecule has 0 aliphatic heterocycles. The summed E-state index contributed by atoms with van der Waals surface area (Å²) in [5.74, 6) is -0.171. The summed E-state index contributed by atoms with van der Waals surface area (Å²) in [7, 11) is 0. The molecule has 1 heterocycles. The van der Waals surface area contributed by atoms with E-state index < -0.39 is 12.6 Å². The third-order valence-electron chi connectivity index (χ3n) is 3.26. The largest absolute Gasteiger partial charge is 0.508 e. The summed E-state index contributed by atoms with van der Waals surface area (Å²) in [6.07, 6.45) is 0. The van der Waals surface area contributed by atoms with Crippen LogP contribution in [0, 0.1) is 6.92 Å². The second-order valence-corrected chi connectivity index (χ2v) is 5.10. The summed E-state index contributed by atoms with van der Waals surface area (Å²) in [5, 5.41) is 20.0. The number of benzene rings is 2. The van der Waals surface area contributed by atoms with Crippen LogP contribution in [-0.2, 0) is 4.79 Å². The maximum atomic E-state index is 10.6. The molecule has 2 aromatic carbocycles. The van der Waals surface area contributed by atoms with E-state index in [9.17, 15) is 9.90 Å². The molecular formula is C17H18N2O6. The number of carboxylic acids is 1. The zero-order chi connectivity index (χ0) is 16.4. The van der Waals surface area contributed by atoms with Gasteiger partial charge in [-0.05, 0) is 35.9 Å². The summed E-state index contributed by atoms with van der Waals surface area (Å²) in [4.78, 5) is 19.2. The van der Waals surface area contributed by atoms with Crippen LogP contribution in [0.25, 0.3) is 22.2 Å². The lowest BCUT2D eigenvalue weighted by atomic mass is 10.1. The van der Waals surface area contributed by atoms with Crippen LogP contribution >= 0.6 is 0 Å². The molecule has 132 valence electrons. The van der Waals surface area contributed by atoms with Crippen LogP contribution in [-0.4, -0.2) is 43.7 Å². The Bertz CT molecular complexity index is 897. The third-order valence-corrected chi connectivity index (χ3v) is 3.26. The first kappa shape index (κ1) is 19.8. The molecule has 0 aliphatic rings. The summed E-state index contributed by atoms with van der Waals surface area (Å²) >= 11 is 0. The predicted molar refractivity (Wildman–Crippen MR) is 91.7 cm³/mol. The molecule has 8 heteroatoms. The number of rotatable bonds is 4. The third kappa shape index (κ3) is 4.63. The molecule has 6 N–H and O–H groups in total. The number of aromatic hydroxyl groups is 1. The standard InChI is InChI=1S/C17H14N2O4.2H2O/c1-10-6-15(23-9-16(21)22)19-17(18-10)13-3-2-12-8-14(20)5-4-11(12)7-13;;/h2-8,20H,9H2,1H3,(H,21,22);2*1H2. The fraction of sp³-hybridized carbons (Fsp3) is 0.118. The molecule has 0 fully saturated rings. The van der Waals surface area contributed by atoms with Crippen molar-refractivity contribution >= 4 is 16.7 Å². The molecule has 3 aromatic rings. The molecule has 3 rings (SSSR count). The lowest BCUT2D eigenvalue weighted by Gasteiger charge is -2.07. The molecule has 0 bridgehead atoms. The summed E-state index contributed by atoms with van der Waals surface area (Å²) in [6, 6.07) is 12.3. The van der Waals surface area contributed by atoms with Crippen LogP contribution in [0.2, 0.25) is 0 Å². The number of hydrogen-bond acceptors (Lipinski definition) is 5. The fourth-order valence-electron chi connectivity index (χ4n) is 2.25. The minimum Gasteiger partial charge on any atom is -0.508 e. The Morgan fingerprint density at radius 2 is 1.72 bits per heavy atom. The first-order valence-electron chi connectivity index (χ1n) is 6.95. The molecular weight excluding hydrogens is 328 g/mol. The topological polar surface area (TPSA) is 156 Å². The van der Waals surface area contributed by atoms with Gasteiger partial charge in [-0.2, -0.15) is 4.98 Å². The first-order chi connectivity index (χ1) is 11.0. The number of hydrogen-bond donors (Lipinski definition) is 2. The van der Waals surface area contributed by atoms with Crippen molar-refractivity contribution in [1.82, 2.24) is 9.97 Å². The van der Waals surface area contributed by atoms with Crippen LogP contribution in [0.5, 0.6) is 11.6 Å². The van der Waals surface area contributed by atoms with E-state index >= 15 is 0 Å². The number of phenolic OH excluding ortho intramolecular Hbond substituents is 1. The monoisotopic (exact) mass is 346 g/mol. The molecule has 8 nitrogen and oxygen atoms in total. The van der Waals surface area contributed by atoms with Gasteiger partial charge in [0.2, 0.25) is 5.88 Å². The van der Waals surface area contributed by atoms with Crippen molar-refractivity contribution in [3.8, 4) is 23.0 Å². The first-order valence-corrected chi connectivity index (χ1v) is 6.95. The Morgan fingerprint density at radius 3 is 2.44 bits per heavy atom. The van der Waals surface area contributed by atoms with Crippen molar-refractivity contribution in [2.45, 2.75) is 6.92 Å². The van der Waals surface area contributed by atoms with Crippen molar-refractivity contribution in [3.05, 3.63) is 48.2 Å². The quantitative estimate of drug-likeness (QED) is 0.721. The van der Waals surface area contributed by atoms with E-state index in [2.05, 4.69) is 9.97 Å². The normalized spacial score (nSPS) is 9.80. The van der Waals surface area contributed by atoms with Crippen molar-refractivity contribution < 1.29 is 30.7 Å². The molecule has 25 heavy (non-hydrogen) atoms. The van der Waals surface area contributed by atoms with Gasteiger partial charge in [-0.25, -0.2) is 9.78 Å². The molecule has 0 spiro atoms. The molecule has 1 aromatic heterocycles. The average Bonchev–Trinajstić information content (AvgIpc) is 2.52. The van der Waals surface area contributed by atoms with E-state index in [4.69, 9.17) is 9.84 Å². The van der Waals surface area contributed by atoms with Crippen molar-refractivity contribution in [2.75, 3.05) is 6.61 Å². The highest BCUT2D eigenvalue weighted by Crippen LogP contribution is 2.26. The highest BCUT2D eigenvalue weighted by molar-refractivity contribution is 5.87. The van der Waals surface area contributed by atoms with Crippen molar-refractivity contribution in [1.29, 1.82) is 0 Å². The minimum absolute atomic E-state index is 0. The van der Waals surface area contributed by atoms with Gasteiger partial charge in [-0.3, -0.25) is 0 Å². The molecule has 0 aliphatic carbocycles. The van der Waals surface area contributed by atoms with Gasteiger partial charge in [0, 0.05) is 17.3 Å². The van der Waals surface area contributed by atoms with Gasteiger partial charge in [-0.15, -0.1) is 0 Å². The number of aryl methyl sites for hydroxylation is 1. The van der Waals surface area contributed by atoms with Gasteiger partial charge in [0.15, 0.2) is 12.4 Å². The highest BCUT2D eigenvalue weighted by Gasteiger charge is 2.08. The maximum Gasteiger partial charge on any atom is 0.341 e. The van der Waals surface area contributed by atoms with Gasteiger partial charge in [0.05, 0.1) is 0 Å². The van der Waals surface area contributed by atoms with E-state index in [1.54, 1.807) is 25.1 Å². The van der Waals surface area contributed by atoms with E-state index in [1.807, 2.05) is 24.3 Å². The average molecular weight is 346 g/mol. The zero-order valence-electron chi connectivity index (χ0n) is 13.4. The van der Waals surface area contributed by atoms with Crippen molar-refractivity contribution in [3.63, 3.8) is 0 Å². The van der Waals surface area contributed by atoms with E-state index in [0.29, 0.717) is 11.5 Å². The van der Waals surface area contributed by atoms with Gasteiger partial charge < -0.3 is 25.9 Å². The van der Waals surface area contributed by atoms with Crippen LogP contribution < -0.4 is 4.74 Å². The molecule has 0 radical (unpaired) electrons. The summed E-state index contributed by atoms with van der Waals surface area (Å²) < 4.78 is 5.13. The molecule has 0 unspecified atom stereocenters. The molecule has 0 atom stereocenters. The Hall–Kier alpha value is -3.23. The Labute approximate surface area is 143 Å². The van der Waals surface area contributed by atoms with Crippen LogP contribution in [0.4, 0.5) is 0 Å². The second kappa shape index (κ2) is 8.04. The van der Waals surface area contributed by atoms with E-state index in [1.165, 1.54) is 0 Å². The fourth-order valence-corrected chi connectivity index (χ4v) is 2.25. The van der Waals surface area contributed by atoms with Crippen LogP contribution in [0.3, 0.4) is 0 Å². The van der Waals surface area contributed by atoms with Gasteiger partial charge in [0.25, 0.3) is 0 Å². The number of carboxylic acid groups (broad SMARTS) is 1. The smallest absolute Gasteiger partial charge is 0.341 e. The minimum atomic E-state index is -1.06. The van der Waals surface area contributed by atoms with E-state index in [0.717, 1.165) is 16.3 Å².